The molecule has 0 saturated carbocycles. The minimum absolute atomic E-state index is 0. The Hall–Kier alpha value is 0.374. The Morgan fingerprint density at radius 1 is 1.18 bits per heavy atom. The molecule has 0 aromatic heterocycles. The van der Waals surface area contributed by atoms with Gasteiger partial charge in [-0.2, -0.15) is 6.92 Å². The normalized spacial score (nSPS) is 4.45. The van der Waals surface area contributed by atoms with E-state index in [1.807, 2.05) is 0 Å². The molecule has 0 fully saturated rings. The topological polar surface area (TPSA) is 40.5 Å². The molecule has 0 rings (SSSR count). The van der Waals surface area contributed by atoms with E-state index in [1.54, 1.807) is 20.8 Å². The summed E-state index contributed by atoms with van der Waals surface area (Å²) in [5.41, 5.74) is 0. The second kappa shape index (κ2) is 80.1. The van der Waals surface area contributed by atoms with Crippen molar-refractivity contribution in [2.24, 2.45) is 0 Å². The van der Waals surface area contributed by atoms with E-state index < -0.39 is 0 Å². The van der Waals surface area contributed by atoms with Gasteiger partial charge >= 0.3 is 21.7 Å². The average molecular weight is 196 g/mol. The van der Waals surface area contributed by atoms with Crippen LogP contribution in [-0.2, 0) is 21.7 Å². The maximum absolute atomic E-state index is 7.57. The summed E-state index contributed by atoms with van der Waals surface area (Å²) in [6.07, 6.45) is 2.50. The van der Waals surface area contributed by atoms with Crippen LogP contribution in [0.25, 0.3) is 0 Å². The molecule has 0 saturated heterocycles. The Labute approximate surface area is 86.2 Å². The third-order valence-electron chi connectivity index (χ3n) is 0. The maximum Gasteiger partial charge on any atom is 2.00 e. The zero-order valence-corrected chi connectivity index (χ0v) is 9.58. The Bertz CT molecular complexity index is 31.3. The van der Waals surface area contributed by atoms with Crippen LogP contribution in [0.4, 0.5) is 0 Å². The molecule has 11 heavy (non-hydrogen) atoms. The van der Waals surface area contributed by atoms with Gasteiger partial charge in [-0.3, -0.25) is 6.58 Å². The number of allylic oxidation sites excluding steroid dienone is 1. The molecule has 0 spiro atoms. The smallest absolute Gasteiger partial charge is 0.507 e. The number of rotatable bonds is 0. The zero-order chi connectivity index (χ0) is 8.12. The number of hydrogen-bond acceptors (Lipinski definition) is 2. The van der Waals surface area contributed by atoms with Crippen LogP contribution in [0.1, 0.15) is 20.8 Å². The van der Waals surface area contributed by atoms with Crippen LogP contribution in [0, 0.1) is 13.5 Å². The van der Waals surface area contributed by atoms with Gasteiger partial charge in [-0.1, -0.05) is 0 Å². The summed E-state index contributed by atoms with van der Waals surface area (Å²) in [6.45, 7) is 8.86. The van der Waals surface area contributed by atoms with Crippen LogP contribution in [0.15, 0.2) is 6.58 Å². The van der Waals surface area contributed by atoms with Crippen LogP contribution in [0.2, 0.25) is 0 Å². The average Bonchev–Trinajstić information content (AvgIpc) is 1.70. The van der Waals surface area contributed by atoms with Crippen LogP contribution in [0.3, 0.4) is 0 Å². The summed E-state index contributed by atoms with van der Waals surface area (Å²) < 4.78 is 0. The van der Waals surface area contributed by atoms with Crippen molar-refractivity contribution in [3.8, 4) is 0 Å². The van der Waals surface area contributed by atoms with Gasteiger partial charge in [0.05, 0.1) is 0 Å². The van der Waals surface area contributed by atoms with Gasteiger partial charge in [-0.15, -0.1) is 0 Å². The second-order valence-electron chi connectivity index (χ2n) is 0.986. The van der Waals surface area contributed by atoms with Crippen LogP contribution >= 0.6 is 0 Å². The first-order valence-corrected chi connectivity index (χ1v) is 2.90. The predicted octanol–water partition coefficient (Wildman–Crippen LogP) is 1.44. The van der Waals surface area contributed by atoms with Crippen LogP contribution < -0.4 is 0 Å². The van der Waals surface area contributed by atoms with E-state index in [0.717, 1.165) is 0 Å². The largest absolute Gasteiger partial charge is 2.00 e. The van der Waals surface area contributed by atoms with Crippen molar-refractivity contribution >= 4 is 0 Å². The second-order valence-corrected chi connectivity index (χ2v) is 0.986. The fourth-order valence-corrected chi connectivity index (χ4v) is 0. The molecule has 0 aliphatic heterocycles. The van der Waals surface area contributed by atoms with E-state index in [0.29, 0.717) is 0 Å². The van der Waals surface area contributed by atoms with Crippen molar-refractivity contribution in [2.45, 2.75) is 20.8 Å². The van der Waals surface area contributed by atoms with Crippen molar-refractivity contribution < 1.29 is 31.9 Å². The van der Waals surface area contributed by atoms with Crippen molar-refractivity contribution in [1.29, 1.82) is 0 Å². The van der Waals surface area contributed by atoms with Crippen LogP contribution in [-0.4, -0.2) is 23.4 Å². The minimum atomic E-state index is 0. The van der Waals surface area contributed by atoms with Crippen molar-refractivity contribution in [2.75, 3.05) is 13.2 Å². The van der Waals surface area contributed by atoms with Crippen LogP contribution in [0.5, 0.6) is 0 Å². The number of aliphatic hydroxyl groups excluding tert-OH is 2. The molecule has 0 aromatic rings. The molecule has 68 valence electrons. The zero-order valence-electron chi connectivity index (χ0n) is 8.02. The van der Waals surface area contributed by atoms with E-state index in [9.17, 15) is 0 Å². The fraction of sp³-hybridized carbons (Fsp3) is 0.625. The molecule has 2 nitrogen and oxygen atoms in total. The van der Waals surface area contributed by atoms with Gasteiger partial charge in [0.1, 0.15) is 0 Å². The standard InChI is InChI=1S/C3H5.2C2H6O.CH3.Ti/c1-3-2;2*1-2-3;;/h1H2,2H3;2*3H,2H2,1H3;1H3;/q-1;;;-1;+2. The molecule has 0 radical (unpaired) electrons. The Balaban J connectivity index is -0.0000000150. The quantitative estimate of drug-likeness (QED) is 0.454. The molecular weight excluding hydrogens is 176 g/mol. The molecule has 0 heterocycles. The van der Waals surface area contributed by atoms with E-state index >= 15 is 0 Å². The van der Waals surface area contributed by atoms with Gasteiger partial charge in [0.25, 0.3) is 0 Å². The summed E-state index contributed by atoms with van der Waals surface area (Å²) in [4.78, 5) is 0. The van der Waals surface area contributed by atoms with Gasteiger partial charge in [-0.05, 0) is 13.8 Å². The Kier molecular flexibility index (Phi) is 219. The van der Waals surface area contributed by atoms with Crippen molar-refractivity contribution in [1.82, 2.24) is 0 Å². The molecule has 0 bridgehead atoms. The first-order chi connectivity index (χ1) is 4.24. The van der Waals surface area contributed by atoms with Gasteiger partial charge < -0.3 is 23.7 Å². The number of aliphatic hydroxyl groups is 2. The molecule has 0 aliphatic carbocycles. The first-order valence-electron chi connectivity index (χ1n) is 2.90. The summed E-state index contributed by atoms with van der Waals surface area (Å²) in [5.74, 6) is 0. The SMILES string of the molecule is C=[C-]C.CCO.CCO.[CH3-].[Ti+2]. The molecule has 0 atom stereocenters. The summed E-state index contributed by atoms with van der Waals surface area (Å²) in [7, 11) is 0. The van der Waals surface area contributed by atoms with Crippen molar-refractivity contribution in [3.63, 3.8) is 0 Å². The Morgan fingerprint density at radius 3 is 1.18 bits per heavy atom. The van der Waals surface area contributed by atoms with E-state index in [4.69, 9.17) is 10.2 Å². The summed E-state index contributed by atoms with van der Waals surface area (Å²) in [5, 5.41) is 15.1. The monoisotopic (exact) mass is 196 g/mol. The molecule has 0 amide bonds. The number of hydrogen-bond donors (Lipinski definition) is 2. The van der Waals surface area contributed by atoms with E-state index in [1.165, 1.54) is 0 Å². The van der Waals surface area contributed by atoms with Crippen molar-refractivity contribution in [3.05, 3.63) is 20.1 Å². The van der Waals surface area contributed by atoms with E-state index in [-0.39, 0.29) is 42.4 Å². The molecule has 0 unspecified atom stereocenters. The summed E-state index contributed by atoms with van der Waals surface area (Å²) in [6, 6.07) is 0. The predicted molar refractivity (Wildman–Crippen MR) is 46.5 cm³/mol. The minimum Gasteiger partial charge on any atom is -0.507 e. The molecule has 3 heteroatoms. The van der Waals surface area contributed by atoms with Gasteiger partial charge in [-0.25, -0.2) is 0 Å². The fourth-order valence-electron chi connectivity index (χ4n) is 0. The Morgan fingerprint density at radius 2 is 1.18 bits per heavy atom. The molecule has 2 N–H and O–H groups in total. The summed E-state index contributed by atoms with van der Waals surface area (Å²) >= 11 is 0. The van der Waals surface area contributed by atoms with E-state index in [2.05, 4.69) is 12.7 Å². The van der Waals surface area contributed by atoms with Gasteiger partial charge in [0.2, 0.25) is 0 Å². The molecule has 0 aromatic carbocycles. The molecular formula is C8H20O2Ti. The first kappa shape index (κ1) is 30.1. The van der Waals surface area contributed by atoms with Gasteiger partial charge in [0.15, 0.2) is 0 Å². The van der Waals surface area contributed by atoms with Gasteiger partial charge in [0, 0.05) is 13.2 Å². The maximum atomic E-state index is 7.57. The molecule has 0 aliphatic rings. The third-order valence-corrected chi connectivity index (χ3v) is 0. The third kappa shape index (κ3) is 5190.